The molecule has 1 aliphatic rings. The fraction of sp³-hybridized carbons (Fsp3) is 0.0545. The van der Waals surface area contributed by atoms with Gasteiger partial charge in [0.15, 0.2) is 0 Å². The molecule has 0 radical (unpaired) electrons. The molecule has 1 heterocycles. The number of rotatable bonds is 21. The first-order valence-corrected chi connectivity index (χ1v) is 41.0. The third-order valence-electron chi connectivity index (χ3n) is 22.5. The monoisotopic (exact) mass is 1570 g/mol. The van der Waals surface area contributed by atoms with Gasteiger partial charge in [-0.15, -0.1) is 0 Å². The number of nitrogens with zero attached hydrogens (tertiary/aromatic N) is 4. The van der Waals surface area contributed by atoms with E-state index in [0.717, 1.165) is 134 Å². The largest absolute Gasteiger partial charge is 0.500 e. The van der Waals surface area contributed by atoms with Crippen molar-refractivity contribution in [1.82, 2.24) is 0 Å². The lowest BCUT2D eigenvalue weighted by molar-refractivity contribution is 0.00578. The van der Waals surface area contributed by atoms with Crippen LogP contribution in [0.3, 0.4) is 0 Å². The van der Waals surface area contributed by atoms with E-state index < -0.39 is 18.3 Å². The highest BCUT2D eigenvalue weighted by molar-refractivity contribution is 6.65. The summed E-state index contributed by atoms with van der Waals surface area (Å²) in [6.45, 7) is 8.37. The zero-order chi connectivity index (χ0) is 81.4. The molecule has 1 saturated heterocycles. The van der Waals surface area contributed by atoms with Gasteiger partial charge < -0.3 is 38.4 Å². The Labute approximate surface area is 708 Å². The summed E-state index contributed by atoms with van der Waals surface area (Å²) < 4.78 is 27.9. The van der Waals surface area contributed by atoms with Crippen LogP contribution >= 0.6 is 11.6 Å². The van der Waals surface area contributed by atoms with Gasteiger partial charge in [0.2, 0.25) is 0 Å². The van der Waals surface area contributed by atoms with E-state index in [-0.39, 0.29) is 0 Å². The first-order valence-electron chi connectivity index (χ1n) is 40.6. The van der Waals surface area contributed by atoms with Crippen molar-refractivity contribution in [3.05, 3.63) is 454 Å². The third kappa shape index (κ3) is 16.2. The molecule has 18 aromatic carbocycles. The summed E-state index contributed by atoms with van der Waals surface area (Å²) in [5.41, 5.74) is 20.7. The molecular weight excluding hydrogens is 1490 g/mol. The first kappa shape index (κ1) is 76.8. The van der Waals surface area contributed by atoms with Crippen molar-refractivity contribution < 1.29 is 18.8 Å². The van der Waals surface area contributed by atoms with Gasteiger partial charge in [0.05, 0.1) is 28.3 Å². The van der Waals surface area contributed by atoms with Gasteiger partial charge in [-0.2, -0.15) is 0 Å². The van der Waals surface area contributed by atoms with Crippen molar-refractivity contribution in [3.8, 4) is 67.5 Å². The lowest BCUT2D eigenvalue weighted by Crippen LogP contribution is -2.41. The Morgan fingerprint density at radius 1 is 0.233 bits per heavy atom. The van der Waals surface area contributed by atoms with E-state index in [4.69, 9.17) is 30.4 Å². The normalized spacial score (nSPS) is 12.6. The van der Waals surface area contributed by atoms with Crippen LogP contribution in [-0.4, -0.2) is 18.3 Å². The Bertz CT molecular complexity index is 6260. The van der Waals surface area contributed by atoms with E-state index in [0.29, 0.717) is 22.3 Å². The molecule has 580 valence electrons. The Morgan fingerprint density at radius 3 is 0.950 bits per heavy atom. The average molecular weight is 1570 g/mol. The van der Waals surface area contributed by atoms with Crippen molar-refractivity contribution in [2.24, 2.45) is 0 Å². The van der Waals surface area contributed by atoms with Crippen LogP contribution in [0, 0.1) is 0 Å². The highest BCUT2D eigenvalue weighted by Gasteiger charge is 2.54. The molecule has 8 nitrogen and oxygen atoms in total. The Morgan fingerprint density at radius 2 is 0.542 bits per heavy atom. The summed E-state index contributed by atoms with van der Waals surface area (Å²) in [5, 5.41) is 4.70. The molecule has 1 aliphatic heterocycles. The predicted octanol–water partition coefficient (Wildman–Crippen LogP) is 30.8. The minimum Gasteiger partial charge on any atom is -0.457 e. The molecule has 0 N–H and O–H groups in total. The molecule has 0 atom stereocenters. The zero-order valence-corrected chi connectivity index (χ0v) is 67.9. The first-order chi connectivity index (χ1) is 58.9. The van der Waals surface area contributed by atoms with Gasteiger partial charge in [0.25, 0.3) is 0 Å². The SMILES string of the molecule is CC1(C)OB(c2c(Oc3ccc(N(c4ccccc4)c4ccccc4)c4ccccc34)cccc2N(c2ccc(-c3ccccc3)cc2)c2ccc(-c3ccccc3)cc2)OC1(C)C.Clc1c(Oc2cc(N(c3ccccc3)c3ccccc3)c3ccccc3c2)cccc1N(c1ccc(-c2ccccc2)cc1)c1ccc(-c2ccccc2)cc1. The van der Waals surface area contributed by atoms with Crippen molar-refractivity contribution in [2.75, 3.05) is 19.6 Å². The lowest BCUT2D eigenvalue weighted by Gasteiger charge is -2.32. The zero-order valence-electron chi connectivity index (χ0n) is 67.1. The van der Waals surface area contributed by atoms with Crippen LogP contribution in [0.2, 0.25) is 5.02 Å². The maximum atomic E-state index is 7.44. The fourth-order valence-electron chi connectivity index (χ4n) is 15.8. The van der Waals surface area contributed by atoms with Gasteiger partial charge in [-0.1, -0.05) is 315 Å². The van der Waals surface area contributed by atoms with Crippen LogP contribution in [0.1, 0.15) is 27.7 Å². The molecular formula is C110H86BClN4O4. The van der Waals surface area contributed by atoms with E-state index in [9.17, 15) is 0 Å². The number of hydrogen-bond donors (Lipinski definition) is 0. The second-order valence-electron chi connectivity index (χ2n) is 30.7. The summed E-state index contributed by atoms with van der Waals surface area (Å²) in [5.74, 6) is 2.61. The minimum absolute atomic E-state index is 0.504. The minimum atomic E-state index is -0.747. The van der Waals surface area contributed by atoms with E-state index in [1.165, 1.54) is 11.1 Å². The predicted molar refractivity (Wildman–Crippen MR) is 502 cm³/mol. The van der Waals surface area contributed by atoms with Crippen LogP contribution in [0.15, 0.2) is 449 Å². The van der Waals surface area contributed by atoms with Crippen LogP contribution in [-0.2, 0) is 9.31 Å². The molecule has 0 saturated carbocycles. The van der Waals surface area contributed by atoms with Crippen LogP contribution in [0.25, 0.3) is 66.1 Å². The summed E-state index contributed by atoms with van der Waals surface area (Å²) in [4.78, 5) is 9.05. The van der Waals surface area contributed by atoms with Crippen molar-refractivity contribution in [2.45, 2.75) is 38.9 Å². The maximum absolute atomic E-state index is 7.44. The number of anilines is 12. The standard InChI is InChI=1S/C58H49BN2O3.C52H37ClN2O/c1-57(2)58(3,4)64-59(63-57)56-53(61(48-36-32-44(33-37-48)42-20-9-5-10-21-42)49-38-34-45(35-39-49)43-22-11-6-12-23-43)30-19-31-55(56)62-54-41-40-52(50-28-17-18-29-51(50)54)60(46-24-13-7-14-25-46)47-26-15-8-16-27-47;53-52-49(54(45-32-28-40(29-33-45)38-16-5-1-6-17-38)46-34-30-41(31-35-46)39-18-7-2-8-19-39)26-15-27-51(52)56-47-36-42-20-13-14-25-48(42)50(37-47)55(43-21-9-3-10-22-43)44-23-11-4-12-24-44/h5-41H,1-4H3;1-37H. The number of benzene rings is 18. The molecule has 0 aromatic heterocycles. The van der Waals surface area contributed by atoms with Crippen molar-refractivity contribution in [3.63, 3.8) is 0 Å². The van der Waals surface area contributed by atoms with Gasteiger partial charge in [0.1, 0.15) is 28.0 Å². The van der Waals surface area contributed by atoms with Crippen molar-refractivity contribution in [1.29, 1.82) is 0 Å². The van der Waals surface area contributed by atoms with E-state index in [1.807, 2.05) is 72.8 Å². The molecule has 19 rings (SSSR count). The highest BCUT2D eigenvalue weighted by atomic mass is 35.5. The summed E-state index contributed by atoms with van der Waals surface area (Å²) in [6, 6.07) is 156. The summed E-state index contributed by atoms with van der Waals surface area (Å²) >= 11 is 7.44. The third-order valence-corrected chi connectivity index (χ3v) is 22.9. The fourth-order valence-corrected chi connectivity index (χ4v) is 16.1. The van der Waals surface area contributed by atoms with E-state index >= 15 is 0 Å². The Kier molecular flexibility index (Phi) is 22.0. The van der Waals surface area contributed by atoms with Gasteiger partial charge >= 0.3 is 7.12 Å². The van der Waals surface area contributed by atoms with Crippen LogP contribution in [0.5, 0.6) is 23.0 Å². The van der Waals surface area contributed by atoms with Crippen LogP contribution < -0.4 is 34.5 Å². The van der Waals surface area contributed by atoms with Gasteiger partial charge in [-0.3, -0.25) is 0 Å². The Balaban J connectivity index is 0.000000166. The molecule has 0 aliphatic carbocycles. The van der Waals surface area contributed by atoms with Gasteiger partial charge in [-0.05, 0) is 217 Å². The molecule has 1 fully saturated rings. The smallest absolute Gasteiger partial charge is 0.457 e. The molecule has 120 heavy (non-hydrogen) atoms. The number of hydrogen-bond acceptors (Lipinski definition) is 8. The van der Waals surface area contributed by atoms with Crippen LogP contribution in [0.4, 0.5) is 68.2 Å². The van der Waals surface area contributed by atoms with Gasteiger partial charge in [0, 0.05) is 78.9 Å². The maximum Gasteiger partial charge on any atom is 0.500 e. The molecule has 10 heteroatoms. The lowest BCUT2D eigenvalue weighted by atomic mass is 9.76. The number of halogens is 1. The van der Waals surface area contributed by atoms with Gasteiger partial charge in [-0.25, -0.2) is 0 Å². The summed E-state index contributed by atoms with van der Waals surface area (Å²) in [6.07, 6.45) is 0. The average Bonchev–Trinajstić information content (AvgIpc) is 1.46. The topological polar surface area (TPSA) is 49.9 Å². The summed E-state index contributed by atoms with van der Waals surface area (Å²) in [7, 11) is -0.747. The Hall–Kier alpha value is -14.4. The molecule has 18 aromatic rings. The van der Waals surface area contributed by atoms with E-state index in [2.05, 4.69) is 423 Å². The quantitative estimate of drug-likeness (QED) is 0.0660. The molecule has 0 spiro atoms. The molecule has 0 bridgehead atoms. The second kappa shape index (κ2) is 34.4. The second-order valence-corrected chi connectivity index (χ2v) is 31.1. The molecule has 0 unspecified atom stereocenters. The number of ether oxygens (including phenoxy) is 2. The highest BCUT2D eigenvalue weighted by Crippen LogP contribution is 2.50. The number of para-hydroxylation sites is 4. The number of fused-ring (bicyclic) bond motifs is 2. The van der Waals surface area contributed by atoms with E-state index in [1.54, 1.807) is 0 Å². The molecule has 0 amide bonds. The van der Waals surface area contributed by atoms with Crippen molar-refractivity contribution >= 4 is 114 Å².